The van der Waals surface area contributed by atoms with Crippen LogP contribution in [0.5, 0.6) is 0 Å². The quantitative estimate of drug-likeness (QED) is 0.378. The number of nitrogens with one attached hydrogen (secondary N) is 1. The monoisotopic (exact) mass is 419 g/mol. The Labute approximate surface area is 177 Å². The van der Waals surface area contributed by atoms with Crippen LogP contribution in [-0.4, -0.2) is 38.6 Å². The molecule has 0 amide bonds. The van der Waals surface area contributed by atoms with E-state index < -0.39 is 0 Å². The number of benzene rings is 1. The average molecular weight is 420 g/mol. The lowest BCUT2D eigenvalue weighted by Gasteiger charge is -2.14. The molecule has 0 aliphatic carbocycles. The lowest BCUT2D eigenvalue weighted by atomic mass is 10.2. The van der Waals surface area contributed by atoms with Gasteiger partial charge < -0.3 is 10.1 Å². The molecular formula is C22H21N5O2S. The summed E-state index contributed by atoms with van der Waals surface area (Å²) in [6, 6.07) is 15.1. The van der Waals surface area contributed by atoms with Crippen LogP contribution in [0.25, 0.3) is 16.6 Å². The molecular weight excluding hydrogens is 398 g/mol. The number of thioether (sulfide) groups is 1. The van der Waals surface area contributed by atoms with Crippen LogP contribution in [0.4, 0.5) is 5.82 Å². The second-order valence-corrected chi connectivity index (χ2v) is 8.13. The van der Waals surface area contributed by atoms with Crippen molar-refractivity contribution < 1.29 is 4.74 Å². The van der Waals surface area contributed by atoms with Crippen LogP contribution in [0.1, 0.15) is 18.5 Å². The Bertz CT molecular complexity index is 1250. The predicted octanol–water partition coefficient (Wildman–Crippen LogP) is 3.52. The van der Waals surface area contributed by atoms with E-state index in [4.69, 9.17) is 9.72 Å². The third-order valence-electron chi connectivity index (χ3n) is 5.08. The van der Waals surface area contributed by atoms with Gasteiger partial charge in [0.25, 0.3) is 5.56 Å². The first-order chi connectivity index (χ1) is 14.8. The van der Waals surface area contributed by atoms with Gasteiger partial charge in [-0.15, -0.1) is 0 Å². The number of hydrogen-bond donors (Lipinski definition) is 1. The molecule has 1 saturated heterocycles. The Kier molecular flexibility index (Phi) is 5.33. The molecule has 1 aromatic carbocycles. The molecule has 1 aliphatic rings. The number of rotatable bonds is 6. The van der Waals surface area contributed by atoms with Crippen molar-refractivity contribution in [3.8, 4) is 0 Å². The molecule has 1 fully saturated rings. The van der Waals surface area contributed by atoms with Crippen molar-refractivity contribution in [3.05, 3.63) is 70.8 Å². The topological polar surface area (TPSA) is 81.4 Å². The summed E-state index contributed by atoms with van der Waals surface area (Å²) >= 11 is 1.47. The molecule has 3 aromatic heterocycles. The molecule has 1 aliphatic heterocycles. The zero-order valence-corrected chi connectivity index (χ0v) is 17.1. The molecule has 1 atom stereocenters. The number of pyridine rings is 1. The second kappa shape index (κ2) is 8.41. The first kappa shape index (κ1) is 19.0. The van der Waals surface area contributed by atoms with Crippen molar-refractivity contribution in [3.63, 3.8) is 0 Å². The van der Waals surface area contributed by atoms with E-state index in [2.05, 4.69) is 15.3 Å². The highest BCUT2D eigenvalue weighted by molar-refractivity contribution is 7.98. The van der Waals surface area contributed by atoms with E-state index in [0.29, 0.717) is 22.3 Å². The maximum atomic E-state index is 12.3. The summed E-state index contributed by atoms with van der Waals surface area (Å²) in [4.78, 5) is 26.3. The van der Waals surface area contributed by atoms with E-state index in [9.17, 15) is 4.79 Å². The summed E-state index contributed by atoms with van der Waals surface area (Å²) in [6.45, 7) is 1.56. The highest BCUT2D eigenvalue weighted by atomic mass is 32.2. The van der Waals surface area contributed by atoms with Gasteiger partial charge >= 0.3 is 0 Å². The third-order valence-corrected chi connectivity index (χ3v) is 5.96. The number of hydrogen-bond acceptors (Lipinski definition) is 7. The predicted molar refractivity (Wildman–Crippen MR) is 118 cm³/mol. The van der Waals surface area contributed by atoms with Gasteiger partial charge in [-0.25, -0.2) is 15.0 Å². The number of aromatic nitrogens is 4. The van der Waals surface area contributed by atoms with Crippen LogP contribution in [0.3, 0.4) is 0 Å². The van der Waals surface area contributed by atoms with Gasteiger partial charge in [0.15, 0.2) is 5.16 Å². The Morgan fingerprint density at radius 2 is 2.03 bits per heavy atom. The molecule has 1 N–H and O–H groups in total. The SMILES string of the molecule is O=c1cc(CSc2nc(NCC3CCCO3)c3ccccc3n2)nc2ccccn12. The molecule has 5 rings (SSSR count). The van der Waals surface area contributed by atoms with E-state index >= 15 is 0 Å². The van der Waals surface area contributed by atoms with Crippen LogP contribution >= 0.6 is 11.8 Å². The van der Waals surface area contributed by atoms with Crippen molar-refractivity contribution in [1.82, 2.24) is 19.4 Å². The van der Waals surface area contributed by atoms with Crippen LogP contribution in [0.2, 0.25) is 0 Å². The number of nitrogens with zero attached hydrogens (tertiary/aromatic N) is 4. The standard InChI is InChI=1S/C22H21N5O2S/c28-20-12-15(24-19-9-3-4-10-27(19)20)14-30-22-25-18-8-2-1-7-17(18)21(26-22)23-13-16-6-5-11-29-16/h1-4,7-10,12,16H,5-6,11,13-14H2,(H,23,25,26). The molecule has 0 bridgehead atoms. The molecule has 1 unspecified atom stereocenters. The molecule has 8 heteroatoms. The van der Waals surface area contributed by atoms with Crippen LogP contribution in [0.15, 0.2) is 64.7 Å². The summed E-state index contributed by atoms with van der Waals surface area (Å²) in [5.41, 5.74) is 2.15. The molecule has 152 valence electrons. The maximum Gasteiger partial charge on any atom is 0.258 e. The first-order valence-electron chi connectivity index (χ1n) is 9.99. The normalized spacial score (nSPS) is 16.3. The smallest absolute Gasteiger partial charge is 0.258 e. The molecule has 4 aromatic rings. The van der Waals surface area contributed by atoms with Gasteiger partial charge in [0.05, 0.1) is 17.3 Å². The van der Waals surface area contributed by atoms with Gasteiger partial charge in [-0.2, -0.15) is 0 Å². The lowest BCUT2D eigenvalue weighted by Crippen LogP contribution is -2.19. The van der Waals surface area contributed by atoms with Crippen LogP contribution < -0.4 is 10.9 Å². The molecule has 4 heterocycles. The zero-order valence-electron chi connectivity index (χ0n) is 16.3. The maximum absolute atomic E-state index is 12.3. The highest BCUT2D eigenvalue weighted by Crippen LogP contribution is 2.26. The van der Waals surface area contributed by atoms with Gasteiger partial charge in [-0.1, -0.05) is 30.0 Å². The number of fused-ring (bicyclic) bond motifs is 2. The largest absolute Gasteiger partial charge is 0.376 e. The summed E-state index contributed by atoms with van der Waals surface area (Å²) in [7, 11) is 0. The van der Waals surface area contributed by atoms with E-state index in [0.717, 1.165) is 42.7 Å². The number of para-hydroxylation sites is 1. The van der Waals surface area contributed by atoms with E-state index in [1.54, 1.807) is 12.3 Å². The summed E-state index contributed by atoms with van der Waals surface area (Å²) in [5.74, 6) is 1.33. The average Bonchev–Trinajstić information content (AvgIpc) is 3.30. The fraction of sp³-hybridized carbons (Fsp3) is 0.273. The van der Waals surface area contributed by atoms with Gasteiger partial charge in [0, 0.05) is 36.6 Å². The Balaban J connectivity index is 1.39. The van der Waals surface area contributed by atoms with Crippen molar-refractivity contribution in [1.29, 1.82) is 0 Å². The highest BCUT2D eigenvalue weighted by Gasteiger charge is 2.16. The van der Waals surface area contributed by atoms with E-state index in [-0.39, 0.29) is 11.7 Å². The minimum Gasteiger partial charge on any atom is -0.376 e. The Morgan fingerprint density at radius 3 is 2.93 bits per heavy atom. The van der Waals surface area contributed by atoms with Crippen molar-refractivity contribution in [2.45, 2.75) is 29.9 Å². The molecule has 0 radical (unpaired) electrons. The van der Waals surface area contributed by atoms with Crippen molar-refractivity contribution >= 4 is 34.1 Å². The van der Waals surface area contributed by atoms with Gasteiger partial charge in [-0.05, 0) is 37.1 Å². The molecule has 30 heavy (non-hydrogen) atoms. The van der Waals surface area contributed by atoms with E-state index in [1.807, 2.05) is 42.5 Å². The van der Waals surface area contributed by atoms with E-state index in [1.165, 1.54) is 16.2 Å². The second-order valence-electron chi connectivity index (χ2n) is 7.19. The van der Waals surface area contributed by atoms with Crippen LogP contribution in [-0.2, 0) is 10.5 Å². The van der Waals surface area contributed by atoms with Gasteiger partial charge in [0.1, 0.15) is 11.5 Å². The fourth-order valence-electron chi connectivity index (χ4n) is 3.59. The first-order valence-corrected chi connectivity index (χ1v) is 11.0. The third kappa shape index (κ3) is 4.01. The van der Waals surface area contributed by atoms with Crippen molar-refractivity contribution in [2.24, 2.45) is 0 Å². The molecule has 0 spiro atoms. The summed E-state index contributed by atoms with van der Waals surface area (Å²) in [5, 5.41) is 5.08. The Morgan fingerprint density at radius 1 is 1.13 bits per heavy atom. The van der Waals surface area contributed by atoms with Gasteiger partial charge in [-0.3, -0.25) is 9.20 Å². The molecule has 0 saturated carbocycles. The summed E-state index contributed by atoms with van der Waals surface area (Å²) < 4.78 is 7.25. The lowest BCUT2D eigenvalue weighted by molar-refractivity contribution is 0.120. The molecule has 7 nitrogen and oxygen atoms in total. The minimum atomic E-state index is -0.0884. The summed E-state index contributed by atoms with van der Waals surface area (Å²) in [6.07, 6.45) is 4.13. The van der Waals surface area contributed by atoms with Crippen molar-refractivity contribution in [2.75, 3.05) is 18.5 Å². The Hall–Kier alpha value is -2.97. The number of anilines is 1. The minimum absolute atomic E-state index is 0.0884. The van der Waals surface area contributed by atoms with Gasteiger partial charge in [0.2, 0.25) is 0 Å². The number of ether oxygens (including phenoxy) is 1. The van der Waals surface area contributed by atoms with Crippen LogP contribution in [0, 0.1) is 0 Å². The zero-order chi connectivity index (χ0) is 20.3. The fourth-order valence-corrected chi connectivity index (χ4v) is 4.33.